The summed E-state index contributed by atoms with van der Waals surface area (Å²) >= 11 is 0. The van der Waals surface area contributed by atoms with E-state index in [-0.39, 0.29) is 0 Å². The van der Waals surface area contributed by atoms with Crippen LogP contribution < -0.4 is 0 Å². The average Bonchev–Trinajstić information content (AvgIpc) is 2.35. The summed E-state index contributed by atoms with van der Waals surface area (Å²) < 4.78 is 0. The molecule has 0 fully saturated rings. The maximum Gasteiger partial charge on any atom is -0.0564 e. The third kappa shape index (κ3) is 43.0. The van der Waals surface area contributed by atoms with Crippen molar-refractivity contribution in [1.29, 1.82) is 0 Å². The molecular weight excluding hydrogens is 180 g/mol. The minimum Gasteiger partial charge on any atom is -0.0683 e. The molecular formula is C15H30. The van der Waals surface area contributed by atoms with Crippen molar-refractivity contribution >= 4 is 0 Å². The van der Waals surface area contributed by atoms with Gasteiger partial charge in [0.05, 0.1) is 0 Å². The predicted octanol–water partition coefficient (Wildman–Crippen LogP) is 5.94. The van der Waals surface area contributed by atoms with E-state index in [1.54, 1.807) is 0 Å². The van der Waals surface area contributed by atoms with Gasteiger partial charge in [-0.05, 0) is 0 Å². The molecule has 0 aliphatic heterocycles. The topological polar surface area (TPSA) is 0 Å². The quantitative estimate of drug-likeness (QED) is 0.538. The lowest BCUT2D eigenvalue weighted by molar-refractivity contribution is 0.886. The molecule has 0 amide bonds. The first kappa shape index (κ1) is 19.7. The predicted molar refractivity (Wildman–Crippen MR) is 74.3 cm³/mol. The largest absolute Gasteiger partial charge is 0.0683 e. The second-order valence-electron chi connectivity index (χ2n) is 2.86. The van der Waals surface area contributed by atoms with Gasteiger partial charge in [-0.1, -0.05) is 97.2 Å². The lowest BCUT2D eigenvalue weighted by atomic mass is 10.4. The molecule has 1 aromatic carbocycles. The van der Waals surface area contributed by atoms with Gasteiger partial charge in [0.2, 0.25) is 0 Å². The van der Waals surface area contributed by atoms with Crippen LogP contribution in [0.15, 0.2) is 36.4 Å². The maximum atomic E-state index is 2.18. The van der Waals surface area contributed by atoms with Gasteiger partial charge in [-0.3, -0.25) is 0 Å². The van der Waals surface area contributed by atoms with Crippen LogP contribution in [-0.2, 0) is 0 Å². The Kier molecular flexibility index (Phi) is 38.5. The third-order valence-electron chi connectivity index (χ3n) is 1.17. The van der Waals surface area contributed by atoms with E-state index in [1.807, 2.05) is 50.2 Å². The van der Waals surface area contributed by atoms with E-state index in [0.29, 0.717) is 0 Å². The van der Waals surface area contributed by atoms with Gasteiger partial charge in [0.1, 0.15) is 0 Å². The van der Waals surface area contributed by atoms with Crippen LogP contribution in [0.5, 0.6) is 0 Å². The highest BCUT2D eigenvalue weighted by Crippen LogP contribution is 1.79. The summed E-state index contributed by atoms with van der Waals surface area (Å²) in [4.78, 5) is 0. The fraction of sp³-hybridized carbons (Fsp3) is 0.600. The van der Waals surface area contributed by atoms with Crippen molar-refractivity contribution in [3.63, 3.8) is 0 Å². The standard InChI is InChI=1S/C6H6.C4H10.C3H8.C2H6/c1-2-4-6-5-3-1;1-3-4-2;1-3-2;1-2/h1-6H;3-4H2,1-2H3;3H2,1-2H3;1-2H3. The molecule has 1 aromatic rings. The van der Waals surface area contributed by atoms with Crippen molar-refractivity contribution in [3.05, 3.63) is 36.4 Å². The Balaban J connectivity index is -0.000000142. The summed E-state index contributed by atoms with van der Waals surface area (Å²) in [6.07, 6.45) is 3.89. The molecule has 0 aromatic heterocycles. The van der Waals surface area contributed by atoms with E-state index in [2.05, 4.69) is 27.7 Å². The number of hydrogen-bond acceptors (Lipinski definition) is 0. The van der Waals surface area contributed by atoms with E-state index in [0.717, 1.165) is 0 Å². The van der Waals surface area contributed by atoms with Crippen LogP contribution in [0.25, 0.3) is 0 Å². The highest BCUT2D eigenvalue weighted by atomic mass is 13.6. The molecule has 0 spiro atoms. The first-order valence-corrected chi connectivity index (χ1v) is 6.33. The van der Waals surface area contributed by atoms with Gasteiger partial charge < -0.3 is 0 Å². The first-order valence-electron chi connectivity index (χ1n) is 6.33. The molecule has 0 heteroatoms. The molecule has 1 rings (SSSR count). The fourth-order valence-corrected chi connectivity index (χ4v) is 0.385. The van der Waals surface area contributed by atoms with Crippen molar-refractivity contribution in [3.8, 4) is 0 Å². The molecule has 0 N–H and O–H groups in total. The smallest absolute Gasteiger partial charge is 0.0564 e. The minimum atomic E-state index is 1.25. The van der Waals surface area contributed by atoms with Gasteiger partial charge in [0.25, 0.3) is 0 Å². The van der Waals surface area contributed by atoms with Gasteiger partial charge in [0, 0.05) is 0 Å². The molecule has 90 valence electrons. The van der Waals surface area contributed by atoms with Crippen LogP contribution in [0, 0.1) is 0 Å². The second-order valence-corrected chi connectivity index (χ2v) is 2.86. The summed E-state index contributed by atoms with van der Waals surface area (Å²) in [7, 11) is 0. The van der Waals surface area contributed by atoms with Gasteiger partial charge in [-0.25, -0.2) is 0 Å². The molecule has 0 unspecified atom stereocenters. The van der Waals surface area contributed by atoms with Crippen molar-refractivity contribution in [2.24, 2.45) is 0 Å². The Hall–Kier alpha value is -0.780. The SMILES string of the molecule is CC.CCC.CCCC.c1ccccc1. The van der Waals surface area contributed by atoms with Crippen LogP contribution in [-0.4, -0.2) is 0 Å². The molecule has 0 saturated carbocycles. The number of rotatable bonds is 1. The molecule has 0 atom stereocenters. The van der Waals surface area contributed by atoms with E-state index in [1.165, 1.54) is 19.3 Å². The molecule has 0 aliphatic rings. The number of benzene rings is 1. The molecule has 0 heterocycles. The summed E-state index contributed by atoms with van der Waals surface area (Å²) in [5.41, 5.74) is 0. The van der Waals surface area contributed by atoms with E-state index in [4.69, 9.17) is 0 Å². The van der Waals surface area contributed by atoms with Crippen LogP contribution in [0.4, 0.5) is 0 Å². The summed E-state index contributed by atoms with van der Waals surface area (Å²) in [5, 5.41) is 0. The third-order valence-corrected chi connectivity index (χ3v) is 1.17. The maximum absolute atomic E-state index is 2.18. The van der Waals surface area contributed by atoms with Crippen LogP contribution in [0.3, 0.4) is 0 Å². The van der Waals surface area contributed by atoms with E-state index in [9.17, 15) is 0 Å². The molecule has 0 radical (unpaired) electrons. The first-order chi connectivity index (χ1) is 7.33. The Morgan fingerprint density at radius 2 is 0.667 bits per heavy atom. The molecule has 0 nitrogen and oxygen atoms in total. The van der Waals surface area contributed by atoms with Gasteiger partial charge in [-0.15, -0.1) is 0 Å². The Labute approximate surface area is 97.7 Å². The van der Waals surface area contributed by atoms with Gasteiger partial charge in [-0.2, -0.15) is 0 Å². The average molecular weight is 210 g/mol. The van der Waals surface area contributed by atoms with Gasteiger partial charge >= 0.3 is 0 Å². The van der Waals surface area contributed by atoms with Crippen LogP contribution in [0.1, 0.15) is 60.8 Å². The Morgan fingerprint density at radius 1 is 0.533 bits per heavy atom. The number of hydrogen-bond donors (Lipinski definition) is 0. The monoisotopic (exact) mass is 210 g/mol. The van der Waals surface area contributed by atoms with E-state index < -0.39 is 0 Å². The Morgan fingerprint density at radius 3 is 0.733 bits per heavy atom. The summed E-state index contributed by atoms with van der Waals surface area (Å²) in [6.45, 7) is 12.6. The lowest BCUT2D eigenvalue weighted by Crippen LogP contribution is -1.47. The lowest BCUT2D eigenvalue weighted by Gasteiger charge is -1.69. The number of unbranched alkanes of at least 4 members (excludes halogenated alkanes) is 1. The zero-order valence-electron chi connectivity index (χ0n) is 11.6. The second kappa shape index (κ2) is 29.2. The summed E-state index contributed by atoms with van der Waals surface area (Å²) in [6, 6.07) is 12.0. The molecule has 0 saturated heterocycles. The fourth-order valence-electron chi connectivity index (χ4n) is 0.385. The van der Waals surface area contributed by atoms with E-state index >= 15 is 0 Å². The van der Waals surface area contributed by atoms with Crippen molar-refractivity contribution in [2.45, 2.75) is 60.8 Å². The van der Waals surface area contributed by atoms with Crippen molar-refractivity contribution < 1.29 is 0 Å². The summed E-state index contributed by atoms with van der Waals surface area (Å²) in [5.74, 6) is 0. The van der Waals surface area contributed by atoms with Crippen LogP contribution >= 0.6 is 0 Å². The molecule has 0 aliphatic carbocycles. The molecule has 15 heavy (non-hydrogen) atoms. The van der Waals surface area contributed by atoms with Crippen molar-refractivity contribution in [2.75, 3.05) is 0 Å². The highest BCUT2D eigenvalue weighted by molar-refractivity contribution is 4.99. The van der Waals surface area contributed by atoms with Crippen molar-refractivity contribution in [1.82, 2.24) is 0 Å². The minimum absolute atomic E-state index is 1.25. The Bertz CT molecular complexity index is 103. The molecule has 0 bridgehead atoms. The zero-order valence-corrected chi connectivity index (χ0v) is 11.6. The van der Waals surface area contributed by atoms with Crippen LogP contribution in [0.2, 0.25) is 0 Å². The normalized spacial score (nSPS) is 6.80. The zero-order chi connectivity index (χ0) is 12.4. The van der Waals surface area contributed by atoms with Gasteiger partial charge in [0.15, 0.2) is 0 Å². The highest BCUT2D eigenvalue weighted by Gasteiger charge is 1.58.